The third-order valence-electron chi connectivity index (χ3n) is 2.89. The molecule has 1 saturated carbocycles. The summed E-state index contributed by atoms with van der Waals surface area (Å²) in [6.07, 6.45) is 2.78. The Kier molecular flexibility index (Phi) is 2.62. The lowest BCUT2D eigenvalue weighted by molar-refractivity contribution is 0.134. The number of aromatic amines is 1. The van der Waals surface area contributed by atoms with Gasteiger partial charge in [0.15, 0.2) is 0 Å². The lowest BCUT2D eigenvalue weighted by Crippen LogP contribution is -2.35. The fraction of sp³-hybridized carbons (Fsp3) is 0.500. The van der Waals surface area contributed by atoms with Gasteiger partial charge >= 0.3 is 5.69 Å². The van der Waals surface area contributed by atoms with Gasteiger partial charge in [-0.15, -0.1) is 0 Å². The van der Waals surface area contributed by atoms with E-state index in [-0.39, 0.29) is 11.6 Å². The van der Waals surface area contributed by atoms with Gasteiger partial charge in [-0.1, -0.05) is 0 Å². The Morgan fingerprint density at radius 3 is 2.81 bits per heavy atom. The highest BCUT2D eigenvalue weighted by Gasteiger charge is 2.27. The van der Waals surface area contributed by atoms with Crippen LogP contribution in [-0.2, 0) is 0 Å². The summed E-state index contributed by atoms with van der Waals surface area (Å²) in [5.74, 6) is 0. The SMILES string of the molecule is N#Cc1cn([C@H]2CCC[C@H]2O)c(=O)[nH]c1=O. The maximum Gasteiger partial charge on any atom is 0.328 e. The Hall–Kier alpha value is -1.87. The quantitative estimate of drug-likeness (QED) is 0.667. The first kappa shape index (κ1) is 10.6. The van der Waals surface area contributed by atoms with Crippen molar-refractivity contribution in [2.24, 2.45) is 0 Å². The van der Waals surface area contributed by atoms with Crippen molar-refractivity contribution >= 4 is 0 Å². The minimum atomic E-state index is -0.684. The van der Waals surface area contributed by atoms with Crippen molar-refractivity contribution in [1.29, 1.82) is 5.26 Å². The van der Waals surface area contributed by atoms with E-state index in [0.717, 1.165) is 6.42 Å². The van der Waals surface area contributed by atoms with Crippen molar-refractivity contribution in [2.45, 2.75) is 31.4 Å². The minimum absolute atomic E-state index is 0.112. The molecule has 0 bridgehead atoms. The topological polar surface area (TPSA) is 98.9 Å². The summed E-state index contributed by atoms with van der Waals surface area (Å²) in [4.78, 5) is 24.8. The Labute approximate surface area is 90.8 Å². The number of hydrogen-bond acceptors (Lipinski definition) is 4. The highest BCUT2D eigenvalue weighted by molar-refractivity contribution is 5.22. The summed E-state index contributed by atoms with van der Waals surface area (Å²) in [6.45, 7) is 0. The van der Waals surface area contributed by atoms with E-state index < -0.39 is 17.4 Å². The van der Waals surface area contributed by atoms with Gasteiger partial charge in [0, 0.05) is 6.20 Å². The van der Waals surface area contributed by atoms with Crippen molar-refractivity contribution in [3.63, 3.8) is 0 Å². The van der Waals surface area contributed by atoms with E-state index in [0.29, 0.717) is 12.8 Å². The predicted octanol–water partition coefficient (Wildman–Crippen LogP) is -0.506. The molecule has 0 amide bonds. The largest absolute Gasteiger partial charge is 0.391 e. The Bertz CT molecular complexity index is 552. The van der Waals surface area contributed by atoms with Crippen LogP contribution < -0.4 is 11.2 Å². The van der Waals surface area contributed by atoms with Gasteiger partial charge in [-0.3, -0.25) is 14.3 Å². The third kappa shape index (κ3) is 1.66. The normalized spacial score (nSPS) is 24.2. The van der Waals surface area contributed by atoms with Crippen molar-refractivity contribution in [1.82, 2.24) is 9.55 Å². The first-order chi connectivity index (χ1) is 7.63. The summed E-state index contributed by atoms with van der Waals surface area (Å²) < 4.78 is 1.25. The van der Waals surface area contributed by atoms with Crippen molar-refractivity contribution in [3.8, 4) is 6.07 Å². The first-order valence-electron chi connectivity index (χ1n) is 5.07. The molecule has 0 aliphatic heterocycles. The van der Waals surface area contributed by atoms with Crippen molar-refractivity contribution in [3.05, 3.63) is 32.6 Å². The number of H-pyrrole nitrogens is 1. The van der Waals surface area contributed by atoms with Crippen LogP contribution in [0.2, 0.25) is 0 Å². The average Bonchev–Trinajstić information content (AvgIpc) is 2.65. The summed E-state index contributed by atoms with van der Waals surface area (Å²) in [6, 6.07) is 1.38. The predicted molar refractivity (Wildman–Crippen MR) is 54.9 cm³/mol. The van der Waals surface area contributed by atoms with Crippen LogP contribution in [0.25, 0.3) is 0 Å². The first-order valence-corrected chi connectivity index (χ1v) is 5.07. The van der Waals surface area contributed by atoms with Crippen LogP contribution >= 0.6 is 0 Å². The molecule has 0 spiro atoms. The van der Waals surface area contributed by atoms with Crippen molar-refractivity contribution in [2.75, 3.05) is 0 Å². The van der Waals surface area contributed by atoms with Gasteiger partial charge < -0.3 is 5.11 Å². The van der Waals surface area contributed by atoms with E-state index in [4.69, 9.17) is 5.26 Å². The van der Waals surface area contributed by atoms with Crippen LogP contribution in [-0.4, -0.2) is 20.8 Å². The second kappa shape index (κ2) is 3.94. The molecule has 1 aliphatic carbocycles. The molecule has 0 aromatic carbocycles. The molecule has 2 atom stereocenters. The van der Waals surface area contributed by atoms with Gasteiger partial charge in [0.1, 0.15) is 11.6 Å². The number of aliphatic hydroxyl groups excluding tert-OH is 1. The fourth-order valence-electron chi connectivity index (χ4n) is 2.06. The standard InChI is InChI=1S/C10H11N3O3/c11-4-6-5-13(10(16)12-9(6)15)7-2-1-3-8(7)14/h5,7-8,14H,1-3H2,(H,12,15,16)/t7-,8+/m0/s1. The molecule has 1 aromatic rings. The summed E-state index contributed by atoms with van der Waals surface area (Å²) in [5, 5.41) is 18.4. The second-order valence-electron chi connectivity index (χ2n) is 3.89. The molecule has 0 saturated heterocycles. The highest BCUT2D eigenvalue weighted by Crippen LogP contribution is 2.28. The monoisotopic (exact) mass is 221 g/mol. The molecule has 6 heteroatoms. The smallest absolute Gasteiger partial charge is 0.328 e. The van der Waals surface area contributed by atoms with E-state index in [1.807, 2.05) is 0 Å². The van der Waals surface area contributed by atoms with Crippen molar-refractivity contribution < 1.29 is 5.11 Å². The molecule has 84 valence electrons. The number of nitriles is 1. The molecule has 1 fully saturated rings. The van der Waals surface area contributed by atoms with Crippen LogP contribution in [0.15, 0.2) is 15.8 Å². The molecular weight excluding hydrogens is 210 g/mol. The number of nitrogens with zero attached hydrogens (tertiary/aromatic N) is 2. The van der Waals surface area contributed by atoms with E-state index in [2.05, 4.69) is 4.98 Å². The number of aromatic nitrogens is 2. The molecule has 2 rings (SSSR count). The van der Waals surface area contributed by atoms with Crippen LogP contribution in [0.5, 0.6) is 0 Å². The summed E-state index contributed by atoms with van der Waals surface area (Å²) in [5.41, 5.74) is -1.37. The van der Waals surface area contributed by atoms with Crippen LogP contribution in [0.3, 0.4) is 0 Å². The molecule has 0 unspecified atom stereocenters. The molecule has 6 nitrogen and oxygen atoms in total. The fourth-order valence-corrected chi connectivity index (χ4v) is 2.06. The lowest BCUT2D eigenvalue weighted by Gasteiger charge is -2.16. The zero-order valence-corrected chi connectivity index (χ0v) is 8.51. The van der Waals surface area contributed by atoms with E-state index >= 15 is 0 Å². The van der Waals surface area contributed by atoms with Gasteiger partial charge in [0.2, 0.25) is 0 Å². The molecule has 2 N–H and O–H groups in total. The number of aliphatic hydroxyl groups is 1. The Morgan fingerprint density at radius 2 is 2.25 bits per heavy atom. The molecule has 1 aromatic heterocycles. The van der Waals surface area contributed by atoms with Gasteiger partial charge in [-0.2, -0.15) is 5.26 Å². The molecule has 0 radical (unpaired) electrons. The molecule has 1 aliphatic rings. The second-order valence-corrected chi connectivity index (χ2v) is 3.89. The van der Waals surface area contributed by atoms with E-state index in [9.17, 15) is 14.7 Å². The van der Waals surface area contributed by atoms with Crippen LogP contribution in [0, 0.1) is 11.3 Å². The number of hydrogen-bond donors (Lipinski definition) is 2. The number of nitrogens with one attached hydrogen (secondary N) is 1. The summed E-state index contributed by atoms with van der Waals surface area (Å²) in [7, 11) is 0. The van der Waals surface area contributed by atoms with Crippen LogP contribution in [0.1, 0.15) is 30.9 Å². The highest BCUT2D eigenvalue weighted by atomic mass is 16.3. The van der Waals surface area contributed by atoms with Gasteiger partial charge in [0.25, 0.3) is 5.56 Å². The average molecular weight is 221 g/mol. The van der Waals surface area contributed by atoms with E-state index in [1.54, 1.807) is 6.07 Å². The maximum atomic E-state index is 11.5. The van der Waals surface area contributed by atoms with Gasteiger partial charge in [-0.05, 0) is 19.3 Å². The Morgan fingerprint density at radius 1 is 1.50 bits per heavy atom. The molecule has 16 heavy (non-hydrogen) atoms. The minimum Gasteiger partial charge on any atom is -0.391 e. The van der Waals surface area contributed by atoms with E-state index in [1.165, 1.54) is 10.8 Å². The van der Waals surface area contributed by atoms with Crippen LogP contribution in [0.4, 0.5) is 0 Å². The molecule has 1 heterocycles. The van der Waals surface area contributed by atoms with Gasteiger partial charge in [0.05, 0.1) is 12.1 Å². The zero-order valence-electron chi connectivity index (χ0n) is 8.51. The van der Waals surface area contributed by atoms with Gasteiger partial charge in [-0.25, -0.2) is 4.79 Å². The summed E-state index contributed by atoms with van der Waals surface area (Å²) >= 11 is 0. The number of rotatable bonds is 1. The zero-order chi connectivity index (χ0) is 11.7. The third-order valence-corrected chi connectivity index (χ3v) is 2.89. The lowest BCUT2D eigenvalue weighted by atomic mass is 10.2. The maximum absolute atomic E-state index is 11.5. The molecular formula is C10H11N3O3. The Balaban J connectivity index is 2.53.